The van der Waals surface area contributed by atoms with Crippen LogP contribution < -0.4 is 0 Å². The summed E-state index contributed by atoms with van der Waals surface area (Å²) < 4.78 is 0. The monoisotopic (exact) mass is 418 g/mol. The van der Waals surface area contributed by atoms with Crippen molar-refractivity contribution in [3.8, 4) is 0 Å². The third kappa shape index (κ3) is 3.44. The van der Waals surface area contributed by atoms with Crippen LogP contribution in [0.25, 0.3) is 0 Å². The molecule has 3 heterocycles. The molecule has 0 radical (unpaired) electrons. The molecule has 0 spiro atoms. The molecule has 2 saturated heterocycles. The Morgan fingerprint density at radius 3 is 2.41 bits per heavy atom. The minimum atomic E-state index is -0.514. The topological polar surface area (TPSA) is 62.7 Å². The number of nitrogens with zero attached hydrogens (tertiary/aromatic N) is 6. The van der Waals surface area contributed by atoms with Gasteiger partial charge in [-0.15, -0.1) is 0 Å². The van der Waals surface area contributed by atoms with Gasteiger partial charge in [-0.2, -0.15) is 0 Å². The normalized spacial score (nSPS) is 25.6. The number of hydrogen-bond donors (Lipinski definition) is 0. The van der Waals surface area contributed by atoms with Gasteiger partial charge in [0.1, 0.15) is 0 Å². The third-order valence-electron chi connectivity index (χ3n) is 6.10. The molecule has 1 aromatic carbocycles. The Hall–Kier alpha value is -2.32. The number of guanidine groups is 1. The van der Waals surface area contributed by atoms with Crippen LogP contribution in [-0.4, -0.2) is 101 Å². The van der Waals surface area contributed by atoms with Crippen LogP contribution in [0.2, 0.25) is 5.02 Å². The van der Waals surface area contributed by atoms with Crippen molar-refractivity contribution in [2.24, 2.45) is 4.99 Å². The summed E-state index contributed by atoms with van der Waals surface area (Å²) in [7, 11) is 3.60. The minimum Gasteiger partial charge on any atom is -0.340 e. The molecule has 2 fully saturated rings. The second kappa shape index (κ2) is 7.84. The lowest BCUT2D eigenvalue weighted by Gasteiger charge is -2.41. The second-order valence-corrected chi connectivity index (χ2v) is 8.14. The molecular weight excluding hydrogens is 392 g/mol. The number of carbonyl (C=O) groups excluding carboxylic acids is 2. The summed E-state index contributed by atoms with van der Waals surface area (Å²) in [4.78, 5) is 40.4. The van der Waals surface area contributed by atoms with E-state index in [0.717, 1.165) is 44.2 Å². The van der Waals surface area contributed by atoms with E-state index in [2.05, 4.69) is 16.7 Å². The fourth-order valence-corrected chi connectivity index (χ4v) is 4.46. The Kier molecular flexibility index (Phi) is 5.40. The van der Waals surface area contributed by atoms with Crippen LogP contribution >= 0.6 is 11.6 Å². The van der Waals surface area contributed by atoms with E-state index in [4.69, 9.17) is 16.6 Å². The van der Waals surface area contributed by atoms with Crippen LogP contribution in [0.4, 0.5) is 4.79 Å². The summed E-state index contributed by atoms with van der Waals surface area (Å²) in [5.41, 5.74) is 0.750. The first-order chi connectivity index (χ1) is 13.9. The lowest BCUT2D eigenvalue weighted by molar-refractivity contribution is -0.137. The predicted molar refractivity (Wildman–Crippen MR) is 112 cm³/mol. The van der Waals surface area contributed by atoms with Crippen molar-refractivity contribution >= 4 is 29.5 Å². The molecule has 3 aliphatic heterocycles. The van der Waals surface area contributed by atoms with Crippen LogP contribution in [-0.2, 0) is 11.3 Å². The predicted octanol–water partition coefficient (Wildman–Crippen LogP) is 1.37. The third-order valence-corrected chi connectivity index (χ3v) is 6.47. The maximum atomic E-state index is 13.3. The van der Waals surface area contributed by atoms with Crippen molar-refractivity contribution < 1.29 is 9.59 Å². The molecule has 0 saturated carbocycles. The molecule has 2 atom stereocenters. The van der Waals surface area contributed by atoms with Gasteiger partial charge in [0.2, 0.25) is 0 Å². The fourth-order valence-electron chi connectivity index (χ4n) is 4.26. The Morgan fingerprint density at radius 1 is 1.07 bits per heavy atom. The number of benzene rings is 1. The molecule has 4 rings (SSSR count). The quantitative estimate of drug-likeness (QED) is 0.741. The van der Waals surface area contributed by atoms with Gasteiger partial charge in [-0.05, 0) is 18.2 Å². The van der Waals surface area contributed by atoms with Crippen molar-refractivity contribution in [1.29, 1.82) is 0 Å². The van der Waals surface area contributed by atoms with Crippen molar-refractivity contribution in [1.82, 2.24) is 24.5 Å². The van der Waals surface area contributed by atoms with E-state index < -0.39 is 12.2 Å². The van der Waals surface area contributed by atoms with E-state index in [1.54, 1.807) is 18.0 Å². The van der Waals surface area contributed by atoms with Crippen LogP contribution in [0.1, 0.15) is 12.5 Å². The highest BCUT2D eigenvalue weighted by Gasteiger charge is 2.51. The van der Waals surface area contributed by atoms with Crippen LogP contribution in [0, 0.1) is 0 Å². The lowest BCUT2D eigenvalue weighted by Crippen LogP contribution is -2.64. The van der Waals surface area contributed by atoms with E-state index in [0.29, 0.717) is 5.02 Å². The van der Waals surface area contributed by atoms with Crippen LogP contribution in [0.15, 0.2) is 29.3 Å². The Balaban J connectivity index is 1.55. The molecule has 29 heavy (non-hydrogen) atoms. The molecule has 3 amide bonds. The summed E-state index contributed by atoms with van der Waals surface area (Å²) in [5.74, 6) is 0.565. The maximum absolute atomic E-state index is 13.3. The highest BCUT2D eigenvalue weighted by Crippen LogP contribution is 2.29. The van der Waals surface area contributed by atoms with Crippen LogP contribution in [0.5, 0.6) is 0 Å². The molecule has 9 heteroatoms. The van der Waals surface area contributed by atoms with Gasteiger partial charge < -0.3 is 19.6 Å². The highest BCUT2D eigenvalue weighted by molar-refractivity contribution is 6.31. The van der Waals surface area contributed by atoms with E-state index in [1.807, 2.05) is 30.1 Å². The number of piperazine rings is 1. The highest BCUT2D eigenvalue weighted by atomic mass is 35.5. The van der Waals surface area contributed by atoms with Crippen molar-refractivity contribution in [3.05, 3.63) is 34.9 Å². The molecule has 2 unspecified atom stereocenters. The van der Waals surface area contributed by atoms with E-state index in [-0.39, 0.29) is 18.5 Å². The summed E-state index contributed by atoms with van der Waals surface area (Å²) in [6.07, 6.45) is -0.498. The SMILES string of the molecule is CCN1CCN(C2=NC3C(C(=O)N(Cc4ccccc4Cl)C(=O)N3C)N2C)CC1. The number of likely N-dealkylation sites (N-methyl/N-ethyl adjacent to an activating group) is 3. The van der Waals surface area contributed by atoms with Gasteiger partial charge in [0.25, 0.3) is 5.91 Å². The van der Waals surface area contributed by atoms with Gasteiger partial charge in [0.05, 0.1) is 6.54 Å². The smallest absolute Gasteiger partial charge is 0.328 e. The minimum absolute atomic E-state index is 0.156. The van der Waals surface area contributed by atoms with Crippen molar-refractivity contribution in [2.45, 2.75) is 25.7 Å². The summed E-state index contributed by atoms with van der Waals surface area (Å²) in [6.45, 7) is 7.03. The van der Waals surface area contributed by atoms with E-state index >= 15 is 0 Å². The zero-order valence-electron chi connectivity index (χ0n) is 17.1. The maximum Gasteiger partial charge on any atom is 0.328 e. The number of fused-ring (bicyclic) bond motifs is 1. The number of carbonyl (C=O) groups is 2. The Labute approximate surface area is 176 Å². The van der Waals surface area contributed by atoms with Gasteiger partial charge in [0, 0.05) is 45.3 Å². The van der Waals surface area contributed by atoms with Crippen molar-refractivity contribution in [2.75, 3.05) is 46.8 Å². The number of aliphatic imine (C=N–C) groups is 1. The summed E-state index contributed by atoms with van der Waals surface area (Å²) in [5, 5.41) is 0.545. The number of amides is 3. The van der Waals surface area contributed by atoms with Crippen LogP contribution in [0.3, 0.4) is 0 Å². The first-order valence-electron chi connectivity index (χ1n) is 10.0. The van der Waals surface area contributed by atoms with Gasteiger partial charge >= 0.3 is 6.03 Å². The van der Waals surface area contributed by atoms with E-state index in [9.17, 15) is 9.59 Å². The van der Waals surface area contributed by atoms with Gasteiger partial charge in [-0.1, -0.05) is 36.7 Å². The molecule has 3 aliphatic rings. The summed E-state index contributed by atoms with van der Waals surface area (Å²) >= 11 is 6.26. The summed E-state index contributed by atoms with van der Waals surface area (Å²) in [6, 6.07) is 6.43. The number of hydrogen-bond acceptors (Lipinski definition) is 6. The first kappa shape index (κ1) is 20.0. The standard InChI is InChI=1S/C20H27ClN6O2/c1-4-25-9-11-26(12-10-25)19-22-17-16(23(19)2)18(28)27(20(29)24(17)3)13-14-7-5-6-8-15(14)21/h5-8,16-17H,4,9-13H2,1-3H3. The largest absolute Gasteiger partial charge is 0.340 e. The van der Waals surface area contributed by atoms with Gasteiger partial charge in [-0.25, -0.2) is 9.79 Å². The number of imide groups is 1. The molecule has 0 aliphatic carbocycles. The average Bonchev–Trinajstić information content (AvgIpc) is 3.08. The second-order valence-electron chi connectivity index (χ2n) is 7.73. The zero-order chi connectivity index (χ0) is 20.7. The first-order valence-corrected chi connectivity index (χ1v) is 10.4. The van der Waals surface area contributed by atoms with Crippen molar-refractivity contribution in [3.63, 3.8) is 0 Å². The zero-order valence-corrected chi connectivity index (χ0v) is 17.8. The molecule has 8 nitrogen and oxygen atoms in total. The lowest BCUT2D eigenvalue weighted by atomic mass is 10.1. The Bertz CT molecular complexity index is 838. The molecule has 156 valence electrons. The molecular formula is C20H27ClN6O2. The molecule has 0 aromatic heterocycles. The van der Waals surface area contributed by atoms with Gasteiger partial charge in [-0.3, -0.25) is 9.69 Å². The van der Waals surface area contributed by atoms with E-state index in [1.165, 1.54) is 4.90 Å². The number of rotatable bonds is 3. The number of urea groups is 1. The Morgan fingerprint density at radius 2 is 1.76 bits per heavy atom. The van der Waals surface area contributed by atoms with Gasteiger partial charge in [0.15, 0.2) is 18.2 Å². The number of halogens is 1. The fraction of sp³-hybridized carbons (Fsp3) is 0.550. The average molecular weight is 419 g/mol. The molecule has 1 aromatic rings. The molecule has 0 N–H and O–H groups in total. The molecule has 0 bridgehead atoms.